The van der Waals surface area contributed by atoms with Crippen molar-refractivity contribution in [1.29, 1.82) is 0 Å². The lowest BCUT2D eigenvalue weighted by atomic mass is 9.99. The van der Waals surface area contributed by atoms with Crippen LogP contribution in [0.3, 0.4) is 0 Å². The number of amides is 2. The maximum absolute atomic E-state index is 12.9. The van der Waals surface area contributed by atoms with Gasteiger partial charge < -0.3 is 10.6 Å². The number of fused-ring (bicyclic) bond motifs is 1. The van der Waals surface area contributed by atoms with E-state index >= 15 is 0 Å². The Labute approximate surface area is 239 Å². The van der Waals surface area contributed by atoms with Crippen molar-refractivity contribution in [2.24, 2.45) is 0 Å². The summed E-state index contributed by atoms with van der Waals surface area (Å²) in [5, 5.41) is 6.68. The zero-order chi connectivity index (χ0) is 27.0. The highest BCUT2D eigenvalue weighted by Gasteiger charge is 2.18. The first-order chi connectivity index (χ1) is 19.0. The Balaban J connectivity index is 1.20. The molecule has 0 aliphatic rings. The Morgan fingerprint density at radius 2 is 1.59 bits per heavy atom. The second-order valence-corrected chi connectivity index (χ2v) is 12.3. The molecule has 0 aliphatic carbocycles. The fourth-order valence-corrected chi connectivity index (χ4v) is 6.64. The van der Waals surface area contributed by atoms with Crippen molar-refractivity contribution in [3.8, 4) is 0 Å². The zero-order valence-corrected chi connectivity index (χ0v) is 23.6. The average Bonchev–Trinajstić information content (AvgIpc) is 3.38. The highest BCUT2D eigenvalue weighted by atomic mass is 32.2. The van der Waals surface area contributed by atoms with Crippen LogP contribution in [0.4, 0.5) is 5.69 Å². The molecule has 2 aromatic heterocycles. The Bertz CT molecular complexity index is 1510. The van der Waals surface area contributed by atoms with Crippen molar-refractivity contribution in [3.63, 3.8) is 0 Å². The summed E-state index contributed by atoms with van der Waals surface area (Å²) in [5.41, 5.74) is 3.62. The smallest absolute Gasteiger partial charge is 0.237 e. The van der Waals surface area contributed by atoms with Gasteiger partial charge in [0.25, 0.3) is 0 Å². The molecule has 196 valence electrons. The van der Waals surface area contributed by atoms with E-state index in [9.17, 15) is 9.59 Å². The molecule has 2 heterocycles. The number of benzene rings is 3. The number of rotatable bonds is 10. The van der Waals surface area contributed by atoms with Crippen LogP contribution in [-0.2, 0) is 9.59 Å². The maximum Gasteiger partial charge on any atom is 0.237 e. The van der Waals surface area contributed by atoms with Crippen molar-refractivity contribution in [2.45, 2.75) is 27.6 Å². The Morgan fingerprint density at radius 3 is 2.26 bits per heavy atom. The lowest BCUT2D eigenvalue weighted by Crippen LogP contribution is -2.30. The van der Waals surface area contributed by atoms with Crippen LogP contribution in [0.15, 0.2) is 113 Å². The van der Waals surface area contributed by atoms with Crippen LogP contribution in [0.5, 0.6) is 0 Å². The van der Waals surface area contributed by atoms with Gasteiger partial charge in [-0.3, -0.25) is 9.59 Å². The van der Waals surface area contributed by atoms with Crippen LogP contribution < -0.4 is 10.6 Å². The molecule has 0 aliphatic heterocycles. The number of thioether (sulfide) groups is 2. The average molecular weight is 571 g/mol. The Morgan fingerprint density at radius 1 is 0.897 bits per heavy atom. The Hall–Kier alpha value is -3.66. The third-order valence-electron chi connectivity index (χ3n) is 5.84. The standard InChI is InChI=1S/C30H26N4O2S3/c1-20(38-27-14-8-9-17-31-27)29(36)32-23-15-16-24-25(18-23)39-30(33-24)37-19-26(35)34-28(21-10-4-2-5-11-21)22-12-6-3-7-13-22/h2-18,20,28H,19H2,1H3,(H,32,36)(H,34,35)/t20-/m1/s1. The van der Waals surface area contributed by atoms with Gasteiger partial charge in [-0.15, -0.1) is 11.3 Å². The SMILES string of the molecule is C[C@@H](Sc1ccccn1)C(=O)Nc1ccc2nc(SCC(=O)NC(c3ccccc3)c3ccccc3)sc2c1. The number of aromatic nitrogens is 2. The summed E-state index contributed by atoms with van der Waals surface area (Å²) >= 11 is 4.33. The molecule has 39 heavy (non-hydrogen) atoms. The van der Waals surface area contributed by atoms with Gasteiger partial charge in [0.05, 0.1) is 32.3 Å². The minimum atomic E-state index is -0.294. The van der Waals surface area contributed by atoms with Gasteiger partial charge in [-0.1, -0.05) is 90.3 Å². The first-order valence-electron chi connectivity index (χ1n) is 12.4. The minimum absolute atomic E-state index is 0.0655. The van der Waals surface area contributed by atoms with E-state index in [2.05, 4.69) is 20.6 Å². The number of anilines is 1. The van der Waals surface area contributed by atoms with Crippen molar-refractivity contribution in [1.82, 2.24) is 15.3 Å². The normalized spacial score (nSPS) is 11.8. The molecule has 9 heteroatoms. The predicted octanol–water partition coefficient (Wildman–Crippen LogP) is 6.81. The molecular weight excluding hydrogens is 545 g/mol. The fourth-order valence-electron chi connectivity index (χ4n) is 3.92. The third kappa shape index (κ3) is 7.26. The maximum atomic E-state index is 12.9. The zero-order valence-electron chi connectivity index (χ0n) is 21.1. The number of hydrogen-bond acceptors (Lipinski definition) is 7. The molecule has 0 unspecified atom stereocenters. The molecule has 1 atom stereocenters. The van der Waals surface area contributed by atoms with E-state index in [1.807, 2.05) is 104 Å². The Kier molecular flexibility index (Phi) is 8.93. The molecule has 0 bridgehead atoms. The number of pyridine rings is 1. The molecule has 0 radical (unpaired) electrons. The predicted molar refractivity (Wildman–Crippen MR) is 161 cm³/mol. The lowest BCUT2D eigenvalue weighted by molar-refractivity contribution is -0.119. The first-order valence-corrected chi connectivity index (χ1v) is 15.0. The third-order valence-corrected chi connectivity index (χ3v) is 9.05. The summed E-state index contributed by atoms with van der Waals surface area (Å²) in [6.07, 6.45) is 1.72. The van der Waals surface area contributed by atoms with Gasteiger partial charge in [-0.25, -0.2) is 9.97 Å². The summed E-state index contributed by atoms with van der Waals surface area (Å²) in [7, 11) is 0. The molecule has 0 saturated heterocycles. The van der Waals surface area contributed by atoms with Gasteiger partial charge >= 0.3 is 0 Å². The van der Waals surface area contributed by atoms with Crippen LogP contribution in [0.1, 0.15) is 24.1 Å². The van der Waals surface area contributed by atoms with E-state index < -0.39 is 0 Å². The molecule has 6 nitrogen and oxygen atoms in total. The molecule has 2 N–H and O–H groups in total. The number of hydrogen-bond donors (Lipinski definition) is 2. The van der Waals surface area contributed by atoms with Crippen molar-refractivity contribution in [2.75, 3.05) is 11.1 Å². The van der Waals surface area contributed by atoms with Gasteiger partial charge in [0.1, 0.15) is 0 Å². The summed E-state index contributed by atoms with van der Waals surface area (Å²) in [6, 6.07) is 31.0. The van der Waals surface area contributed by atoms with Crippen molar-refractivity contribution in [3.05, 3.63) is 114 Å². The van der Waals surface area contributed by atoms with E-state index in [1.165, 1.54) is 34.9 Å². The number of carbonyl (C=O) groups is 2. The van der Waals surface area contributed by atoms with Crippen molar-refractivity contribution < 1.29 is 9.59 Å². The van der Waals surface area contributed by atoms with Crippen LogP contribution >= 0.6 is 34.9 Å². The number of carbonyl (C=O) groups excluding carboxylic acids is 2. The van der Waals surface area contributed by atoms with E-state index in [4.69, 9.17) is 0 Å². The van der Waals surface area contributed by atoms with Crippen LogP contribution in [-0.4, -0.2) is 32.8 Å². The van der Waals surface area contributed by atoms with Gasteiger partial charge in [0.15, 0.2) is 4.34 Å². The van der Waals surface area contributed by atoms with Crippen LogP contribution in [0, 0.1) is 0 Å². The molecule has 0 fully saturated rings. The molecular formula is C30H26N4O2S3. The molecule has 5 aromatic rings. The van der Waals surface area contributed by atoms with Crippen LogP contribution in [0.2, 0.25) is 0 Å². The number of nitrogens with zero attached hydrogens (tertiary/aromatic N) is 2. The first kappa shape index (κ1) is 26.9. The lowest BCUT2D eigenvalue weighted by Gasteiger charge is -2.19. The van der Waals surface area contributed by atoms with E-state index in [-0.39, 0.29) is 28.9 Å². The van der Waals surface area contributed by atoms with Gasteiger partial charge in [0, 0.05) is 11.9 Å². The molecule has 2 amide bonds. The van der Waals surface area contributed by atoms with E-state index in [0.717, 1.165) is 30.7 Å². The molecule has 0 saturated carbocycles. The van der Waals surface area contributed by atoms with Crippen LogP contribution in [0.25, 0.3) is 10.2 Å². The molecule has 0 spiro atoms. The summed E-state index contributed by atoms with van der Waals surface area (Å²) < 4.78 is 1.76. The summed E-state index contributed by atoms with van der Waals surface area (Å²) in [6.45, 7) is 1.86. The minimum Gasteiger partial charge on any atom is -0.344 e. The van der Waals surface area contributed by atoms with Gasteiger partial charge in [-0.2, -0.15) is 0 Å². The topological polar surface area (TPSA) is 84.0 Å². The summed E-state index contributed by atoms with van der Waals surface area (Å²) in [4.78, 5) is 34.6. The number of nitrogens with one attached hydrogen (secondary N) is 2. The monoisotopic (exact) mass is 570 g/mol. The second-order valence-electron chi connectivity index (χ2n) is 8.69. The highest BCUT2D eigenvalue weighted by Crippen LogP contribution is 2.32. The van der Waals surface area contributed by atoms with Gasteiger partial charge in [0.2, 0.25) is 11.8 Å². The second kappa shape index (κ2) is 12.9. The summed E-state index contributed by atoms with van der Waals surface area (Å²) in [5.74, 6) is 0.0958. The quantitative estimate of drug-likeness (QED) is 0.180. The fraction of sp³-hybridized carbons (Fsp3) is 0.133. The van der Waals surface area contributed by atoms with Crippen molar-refractivity contribution >= 4 is 62.6 Å². The van der Waals surface area contributed by atoms with E-state index in [1.54, 1.807) is 6.20 Å². The number of thiazole rings is 1. The largest absolute Gasteiger partial charge is 0.344 e. The van der Waals surface area contributed by atoms with Gasteiger partial charge in [-0.05, 0) is 48.4 Å². The molecule has 5 rings (SSSR count). The molecule has 3 aromatic carbocycles. The highest BCUT2D eigenvalue weighted by molar-refractivity contribution is 8.01. The van der Waals surface area contributed by atoms with E-state index in [0.29, 0.717) is 5.69 Å².